The summed E-state index contributed by atoms with van der Waals surface area (Å²) < 4.78 is 2.28. The van der Waals surface area contributed by atoms with Crippen molar-refractivity contribution in [2.24, 2.45) is 0 Å². The molecule has 1 aliphatic heterocycles. The van der Waals surface area contributed by atoms with Gasteiger partial charge >= 0.3 is 0 Å². The predicted molar refractivity (Wildman–Crippen MR) is 67.4 cm³/mol. The van der Waals surface area contributed by atoms with Crippen molar-refractivity contribution in [2.75, 3.05) is 31.9 Å². The Bertz CT molecular complexity index is 337. The molecule has 4 nitrogen and oxygen atoms in total. The molecule has 2 rings (SSSR count). The van der Waals surface area contributed by atoms with Crippen molar-refractivity contribution in [2.45, 2.75) is 26.4 Å². The van der Waals surface area contributed by atoms with Gasteiger partial charge in [-0.3, -0.25) is 4.90 Å². The Hall–Kier alpha value is -1.00. The lowest BCUT2D eigenvalue weighted by Crippen LogP contribution is -2.43. The number of nitrogen functional groups attached to an aromatic ring is 1. The van der Waals surface area contributed by atoms with Gasteiger partial charge in [-0.15, -0.1) is 0 Å². The summed E-state index contributed by atoms with van der Waals surface area (Å²) in [7, 11) is 0. The molecule has 4 heteroatoms. The van der Waals surface area contributed by atoms with Crippen molar-refractivity contribution in [3.63, 3.8) is 0 Å². The van der Waals surface area contributed by atoms with Crippen LogP contribution in [0.5, 0.6) is 0 Å². The molecule has 1 aromatic rings. The molecule has 0 amide bonds. The number of anilines is 1. The molecule has 0 aliphatic carbocycles. The Morgan fingerprint density at radius 1 is 1.38 bits per heavy atom. The van der Waals surface area contributed by atoms with Gasteiger partial charge in [0.05, 0.1) is 0 Å². The third-order valence-corrected chi connectivity index (χ3v) is 3.10. The molecule has 0 atom stereocenters. The number of nitrogens with zero attached hydrogens (tertiary/aromatic N) is 2. The van der Waals surface area contributed by atoms with E-state index in [2.05, 4.69) is 34.7 Å². The van der Waals surface area contributed by atoms with E-state index in [9.17, 15) is 0 Å². The van der Waals surface area contributed by atoms with Gasteiger partial charge in [-0.05, 0) is 19.9 Å². The number of aromatic nitrogens is 1. The van der Waals surface area contributed by atoms with Crippen LogP contribution in [0.2, 0.25) is 0 Å². The van der Waals surface area contributed by atoms with Gasteiger partial charge in [0, 0.05) is 56.3 Å². The summed E-state index contributed by atoms with van der Waals surface area (Å²) in [4.78, 5) is 2.48. The maximum atomic E-state index is 5.87. The summed E-state index contributed by atoms with van der Waals surface area (Å²) in [5.74, 6) is 0. The molecule has 16 heavy (non-hydrogen) atoms. The average Bonchev–Trinajstić information content (AvgIpc) is 2.61. The highest BCUT2D eigenvalue weighted by atomic mass is 15.2. The third-order valence-electron chi connectivity index (χ3n) is 3.10. The summed E-state index contributed by atoms with van der Waals surface area (Å²) in [6.45, 7) is 9.85. The number of nitrogens with one attached hydrogen (secondary N) is 1. The number of rotatable bonds is 3. The van der Waals surface area contributed by atoms with Crippen molar-refractivity contribution < 1.29 is 0 Å². The van der Waals surface area contributed by atoms with Crippen LogP contribution in [0.25, 0.3) is 0 Å². The molecule has 0 saturated carbocycles. The van der Waals surface area contributed by atoms with Crippen molar-refractivity contribution in [3.05, 3.63) is 18.0 Å². The van der Waals surface area contributed by atoms with Crippen LogP contribution in [-0.2, 0) is 6.54 Å². The Balaban J connectivity index is 2.07. The van der Waals surface area contributed by atoms with Gasteiger partial charge in [0.25, 0.3) is 0 Å². The highest BCUT2D eigenvalue weighted by molar-refractivity contribution is 5.39. The second kappa shape index (κ2) is 4.89. The van der Waals surface area contributed by atoms with Crippen molar-refractivity contribution in [1.29, 1.82) is 0 Å². The van der Waals surface area contributed by atoms with Gasteiger partial charge in [-0.1, -0.05) is 0 Å². The molecule has 1 aromatic heterocycles. The number of hydrogen-bond donors (Lipinski definition) is 2. The summed E-state index contributed by atoms with van der Waals surface area (Å²) in [5.41, 5.74) is 8.07. The summed E-state index contributed by atoms with van der Waals surface area (Å²) in [5, 5.41) is 3.37. The molecule has 3 N–H and O–H groups in total. The standard InChI is InChI=1S/C12H22N4/c1-10(2)16-8-11(13)7-12(16)9-15-5-3-14-4-6-15/h7-8,10,14H,3-6,9,13H2,1-2H3. The molecular formula is C12H22N4. The van der Waals surface area contributed by atoms with Gasteiger partial charge in [-0.2, -0.15) is 0 Å². The largest absolute Gasteiger partial charge is 0.397 e. The van der Waals surface area contributed by atoms with E-state index in [4.69, 9.17) is 5.73 Å². The van der Waals surface area contributed by atoms with Crippen LogP contribution in [0.1, 0.15) is 25.6 Å². The molecule has 0 aromatic carbocycles. The zero-order chi connectivity index (χ0) is 11.5. The van der Waals surface area contributed by atoms with Crippen molar-refractivity contribution in [1.82, 2.24) is 14.8 Å². The zero-order valence-corrected chi connectivity index (χ0v) is 10.2. The fraction of sp³-hybridized carbons (Fsp3) is 0.667. The van der Waals surface area contributed by atoms with Crippen LogP contribution in [0.15, 0.2) is 12.3 Å². The van der Waals surface area contributed by atoms with E-state index in [1.54, 1.807) is 0 Å². The first kappa shape index (κ1) is 11.5. The lowest BCUT2D eigenvalue weighted by molar-refractivity contribution is 0.227. The van der Waals surface area contributed by atoms with Crippen LogP contribution in [0.4, 0.5) is 5.69 Å². The van der Waals surface area contributed by atoms with E-state index in [0.29, 0.717) is 6.04 Å². The molecular weight excluding hydrogens is 200 g/mol. The fourth-order valence-corrected chi connectivity index (χ4v) is 2.25. The SMILES string of the molecule is CC(C)n1cc(N)cc1CN1CCNCC1. The summed E-state index contributed by atoms with van der Waals surface area (Å²) >= 11 is 0. The monoisotopic (exact) mass is 222 g/mol. The minimum Gasteiger partial charge on any atom is -0.397 e. The van der Waals surface area contributed by atoms with Gasteiger partial charge in [-0.25, -0.2) is 0 Å². The maximum absolute atomic E-state index is 5.87. The molecule has 0 radical (unpaired) electrons. The van der Waals surface area contributed by atoms with E-state index in [1.807, 2.05) is 6.20 Å². The highest BCUT2D eigenvalue weighted by Gasteiger charge is 2.13. The van der Waals surface area contributed by atoms with Crippen molar-refractivity contribution in [3.8, 4) is 0 Å². The van der Waals surface area contributed by atoms with Gasteiger partial charge in [0.2, 0.25) is 0 Å². The predicted octanol–water partition coefficient (Wildman–Crippen LogP) is 1.06. The smallest absolute Gasteiger partial charge is 0.0497 e. The molecule has 0 unspecified atom stereocenters. The Kier molecular flexibility index (Phi) is 3.51. The second-order valence-corrected chi connectivity index (χ2v) is 4.79. The second-order valence-electron chi connectivity index (χ2n) is 4.79. The maximum Gasteiger partial charge on any atom is 0.0497 e. The molecule has 1 saturated heterocycles. The topological polar surface area (TPSA) is 46.2 Å². The molecule has 90 valence electrons. The molecule has 1 aliphatic rings. The quantitative estimate of drug-likeness (QED) is 0.804. The lowest BCUT2D eigenvalue weighted by Gasteiger charge is -2.28. The van der Waals surface area contributed by atoms with Crippen LogP contribution in [-0.4, -0.2) is 35.6 Å². The summed E-state index contributed by atoms with van der Waals surface area (Å²) in [6.07, 6.45) is 2.04. The zero-order valence-electron chi connectivity index (χ0n) is 10.2. The number of piperazine rings is 1. The first-order valence-electron chi connectivity index (χ1n) is 6.06. The van der Waals surface area contributed by atoms with Gasteiger partial charge in [0.15, 0.2) is 0 Å². The fourth-order valence-electron chi connectivity index (χ4n) is 2.25. The highest BCUT2D eigenvalue weighted by Crippen LogP contribution is 2.18. The minimum atomic E-state index is 0.482. The van der Waals surface area contributed by atoms with E-state index < -0.39 is 0 Å². The Labute approximate surface area is 97.4 Å². The lowest BCUT2D eigenvalue weighted by atomic mass is 10.3. The van der Waals surface area contributed by atoms with E-state index >= 15 is 0 Å². The number of hydrogen-bond acceptors (Lipinski definition) is 3. The van der Waals surface area contributed by atoms with E-state index in [0.717, 1.165) is 38.4 Å². The first-order chi connectivity index (χ1) is 7.66. The van der Waals surface area contributed by atoms with E-state index in [-0.39, 0.29) is 0 Å². The van der Waals surface area contributed by atoms with Crippen LogP contribution in [0, 0.1) is 0 Å². The Morgan fingerprint density at radius 2 is 2.06 bits per heavy atom. The molecule has 0 spiro atoms. The van der Waals surface area contributed by atoms with Gasteiger partial charge < -0.3 is 15.6 Å². The first-order valence-corrected chi connectivity index (χ1v) is 6.06. The molecule has 2 heterocycles. The third kappa shape index (κ3) is 2.57. The molecule has 1 fully saturated rings. The van der Waals surface area contributed by atoms with E-state index in [1.165, 1.54) is 5.69 Å². The summed E-state index contributed by atoms with van der Waals surface area (Å²) in [6, 6.07) is 2.58. The molecule has 0 bridgehead atoms. The van der Waals surface area contributed by atoms with Crippen LogP contribution in [0.3, 0.4) is 0 Å². The average molecular weight is 222 g/mol. The Morgan fingerprint density at radius 3 is 2.69 bits per heavy atom. The van der Waals surface area contributed by atoms with Crippen LogP contribution < -0.4 is 11.1 Å². The number of nitrogens with two attached hydrogens (primary N) is 1. The van der Waals surface area contributed by atoms with Crippen LogP contribution >= 0.6 is 0 Å². The normalized spacial score (nSPS) is 18.2. The van der Waals surface area contributed by atoms with Crippen molar-refractivity contribution >= 4 is 5.69 Å². The minimum absolute atomic E-state index is 0.482. The van der Waals surface area contributed by atoms with Gasteiger partial charge in [0.1, 0.15) is 0 Å².